The molecule has 5 nitrogen and oxygen atoms in total. The van der Waals surface area contributed by atoms with Gasteiger partial charge in [0.1, 0.15) is 11.5 Å². The van der Waals surface area contributed by atoms with Gasteiger partial charge in [-0.25, -0.2) is 0 Å². The van der Waals surface area contributed by atoms with Crippen LogP contribution in [0.25, 0.3) is 12.2 Å². The molecule has 4 rings (SSSR count). The maximum atomic E-state index is 12.3. The lowest BCUT2D eigenvalue weighted by molar-refractivity contribution is -0.112. The summed E-state index contributed by atoms with van der Waals surface area (Å²) in [7, 11) is 0. The molecule has 41 heavy (non-hydrogen) atoms. The van der Waals surface area contributed by atoms with Gasteiger partial charge < -0.3 is 15.4 Å². The van der Waals surface area contributed by atoms with Crippen LogP contribution in [0.3, 0.4) is 0 Å². The van der Waals surface area contributed by atoms with Crippen LogP contribution in [0.4, 0.5) is 11.4 Å². The fourth-order valence-corrected chi connectivity index (χ4v) is 4.04. The summed E-state index contributed by atoms with van der Waals surface area (Å²) < 4.78 is 5.91. The summed E-state index contributed by atoms with van der Waals surface area (Å²) in [6.07, 6.45) is 6.64. The summed E-state index contributed by atoms with van der Waals surface area (Å²) in [4.78, 5) is 24.7. The molecule has 0 aliphatic rings. The fraction of sp³-hybridized carbons (Fsp3) is 0.167. The SMILES string of the molecule is CC(C)c1ccc(/C=C/C(=O)Nc2ccc(Oc3ccc(NC(=O)/C=C/c4ccc(C(C)C)cc4)cc3)cc2)cc1. The van der Waals surface area contributed by atoms with E-state index in [0.29, 0.717) is 34.7 Å². The van der Waals surface area contributed by atoms with Crippen molar-refractivity contribution >= 4 is 35.3 Å². The number of ether oxygens (including phenoxy) is 1. The van der Waals surface area contributed by atoms with Crippen molar-refractivity contribution < 1.29 is 14.3 Å². The van der Waals surface area contributed by atoms with Crippen LogP contribution in [0.5, 0.6) is 11.5 Å². The Hall–Kier alpha value is -4.90. The fourth-order valence-electron chi connectivity index (χ4n) is 4.04. The van der Waals surface area contributed by atoms with Crippen molar-refractivity contribution in [1.29, 1.82) is 0 Å². The molecule has 2 N–H and O–H groups in total. The van der Waals surface area contributed by atoms with Crippen LogP contribution in [0.15, 0.2) is 109 Å². The number of carbonyl (C=O) groups is 2. The second kappa shape index (κ2) is 13.9. The molecule has 0 spiro atoms. The minimum atomic E-state index is -0.205. The first-order valence-corrected chi connectivity index (χ1v) is 13.8. The van der Waals surface area contributed by atoms with Gasteiger partial charge in [-0.1, -0.05) is 76.2 Å². The Morgan fingerprint density at radius 1 is 0.537 bits per heavy atom. The van der Waals surface area contributed by atoms with Gasteiger partial charge in [0.2, 0.25) is 11.8 Å². The highest BCUT2D eigenvalue weighted by Gasteiger charge is 2.04. The Kier molecular flexibility index (Phi) is 9.89. The van der Waals surface area contributed by atoms with Gasteiger partial charge in [0, 0.05) is 23.5 Å². The van der Waals surface area contributed by atoms with E-state index in [9.17, 15) is 9.59 Å². The van der Waals surface area contributed by atoms with E-state index < -0.39 is 0 Å². The lowest BCUT2D eigenvalue weighted by atomic mass is 10.0. The Morgan fingerprint density at radius 2 is 0.878 bits per heavy atom. The minimum absolute atomic E-state index is 0.205. The van der Waals surface area contributed by atoms with E-state index in [-0.39, 0.29) is 11.8 Å². The van der Waals surface area contributed by atoms with Gasteiger partial charge in [0.15, 0.2) is 0 Å². The van der Waals surface area contributed by atoms with Crippen LogP contribution in [0, 0.1) is 0 Å². The van der Waals surface area contributed by atoms with E-state index in [1.165, 1.54) is 23.3 Å². The molecule has 0 radical (unpaired) electrons. The number of amides is 2. The van der Waals surface area contributed by atoms with Crippen molar-refractivity contribution in [3.8, 4) is 11.5 Å². The van der Waals surface area contributed by atoms with Crippen molar-refractivity contribution in [2.45, 2.75) is 39.5 Å². The second-order valence-corrected chi connectivity index (χ2v) is 10.4. The van der Waals surface area contributed by atoms with Gasteiger partial charge in [0.05, 0.1) is 0 Å². The zero-order valence-electron chi connectivity index (χ0n) is 23.9. The van der Waals surface area contributed by atoms with E-state index in [0.717, 1.165) is 11.1 Å². The molecule has 0 bridgehead atoms. The van der Waals surface area contributed by atoms with E-state index in [4.69, 9.17) is 4.74 Å². The molecule has 208 valence electrons. The van der Waals surface area contributed by atoms with Crippen molar-refractivity contribution in [2.24, 2.45) is 0 Å². The normalized spacial score (nSPS) is 11.4. The number of nitrogens with one attached hydrogen (secondary N) is 2. The summed E-state index contributed by atoms with van der Waals surface area (Å²) in [5.74, 6) is 1.80. The summed E-state index contributed by atoms with van der Waals surface area (Å²) in [5, 5.41) is 5.72. The summed E-state index contributed by atoms with van der Waals surface area (Å²) in [6, 6.07) is 30.7. The van der Waals surface area contributed by atoms with Crippen molar-refractivity contribution in [3.63, 3.8) is 0 Å². The molecule has 0 saturated heterocycles. The topological polar surface area (TPSA) is 67.4 Å². The number of hydrogen-bond acceptors (Lipinski definition) is 3. The van der Waals surface area contributed by atoms with Crippen LogP contribution in [-0.4, -0.2) is 11.8 Å². The molecular formula is C36H36N2O3. The zero-order chi connectivity index (χ0) is 29.2. The van der Waals surface area contributed by atoms with Crippen molar-refractivity contribution in [3.05, 3.63) is 131 Å². The highest BCUT2D eigenvalue weighted by atomic mass is 16.5. The summed E-state index contributed by atoms with van der Waals surface area (Å²) in [5.41, 5.74) is 5.83. The molecule has 4 aromatic rings. The van der Waals surface area contributed by atoms with Crippen LogP contribution in [-0.2, 0) is 9.59 Å². The summed E-state index contributed by atoms with van der Waals surface area (Å²) in [6.45, 7) is 8.61. The van der Waals surface area contributed by atoms with Crippen LogP contribution >= 0.6 is 0 Å². The third-order valence-electron chi connectivity index (χ3n) is 6.54. The predicted octanol–water partition coefficient (Wildman–Crippen LogP) is 9.03. The number of rotatable bonds is 10. The van der Waals surface area contributed by atoms with Gasteiger partial charge in [-0.05, 0) is 94.8 Å². The Balaban J connectivity index is 1.24. The molecule has 0 aliphatic carbocycles. The average Bonchev–Trinajstić information content (AvgIpc) is 2.97. The van der Waals surface area contributed by atoms with Crippen LogP contribution in [0.1, 0.15) is 61.8 Å². The molecule has 0 unspecified atom stereocenters. The van der Waals surface area contributed by atoms with Gasteiger partial charge in [-0.15, -0.1) is 0 Å². The molecule has 5 heteroatoms. The zero-order valence-corrected chi connectivity index (χ0v) is 23.9. The molecule has 4 aromatic carbocycles. The van der Waals surface area contributed by atoms with Crippen LogP contribution < -0.4 is 15.4 Å². The first kappa shape index (κ1) is 29.1. The smallest absolute Gasteiger partial charge is 0.248 e. The van der Waals surface area contributed by atoms with Gasteiger partial charge in [-0.2, -0.15) is 0 Å². The predicted molar refractivity (Wildman–Crippen MR) is 169 cm³/mol. The lowest BCUT2D eigenvalue weighted by Crippen LogP contribution is -2.07. The Labute approximate surface area is 242 Å². The van der Waals surface area contributed by atoms with E-state index in [1.54, 1.807) is 60.7 Å². The van der Waals surface area contributed by atoms with Crippen molar-refractivity contribution in [2.75, 3.05) is 10.6 Å². The van der Waals surface area contributed by atoms with Crippen LogP contribution in [0.2, 0.25) is 0 Å². The third-order valence-corrected chi connectivity index (χ3v) is 6.54. The first-order chi connectivity index (χ1) is 19.7. The van der Waals surface area contributed by atoms with Gasteiger partial charge in [0.25, 0.3) is 0 Å². The third kappa shape index (κ3) is 9.07. The van der Waals surface area contributed by atoms with E-state index in [1.807, 2.05) is 24.3 Å². The Morgan fingerprint density at radius 3 is 1.20 bits per heavy atom. The van der Waals surface area contributed by atoms with Crippen molar-refractivity contribution in [1.82, 2.24) is 0 Å². The summed E-state index contributed by atoms with van der Waals surface area (Å²) >= 11 is 0. The van der Waals surface area contributed by atoms with E-state index >= 15 is 0 Å². The average molecular weight is 545 g/mol. The maximum Gasteiger partial charge on any atom is 0.248 e. The Bertz CT molecular complexity index is 1380. The number of carbonyl (C=O) groups excluding carboxylic acids is 2. The highest BCUT2D eigenvalue weighted by Crippen LogP contribution is 2.25. The highest BCUT2D eigenvalue weighted by molar-refractivity contribution is 6.02. The number of anilines is 2. The number of benzene rings is 4. The maximum absolute atomic E-state index is 12.3. The lowest BCUT2D eigenvalue weighted by Gasteiger charge is -2.09. The van der Waals surface area contributed by atoms with E-state index in [2.05, 4.69) is 62.6 Å². The molecule has 0 aromatic heterocycles. The first-order valence-electron chi connectivity index (χ1n) is 13.8. The molecule has 0 aliphatic heterocycles. The minimum Gasteiger partial charge on any atom is -0.457 e. The molecular weight excluding hydrogens is 508 g/mol. The largest absolute Gasteiger partial charge is 0.457 e. The van der Waals surface area contributed by atoms with Gasteiger partial charge >= 0.3 is 0 Å². The second-order valence-electron chi connectivity index (χ2n) is 10.4. The molecule has 0 saturated carbocycles. The molecule has 0 fully saturated rings. The van der Waals surface area contributed by atoms with Gasteiger partial charge in [-0.3, -0.25) is 9.59 Å². The molecule has 0 atom stereocenters. The molecule has 2 amide bonds. The monoisotopic (exact) mass is 544 g/mol. The number of hydrogen-bond donors (Lipinski definition) is 2. The molecule has 0 heterocycles. The standard InChI is InChI=1S/C36H36N2O3/c1-25(2)29-11-5-27(6-12-29)9-23-35(39)37-31-15-19-33(20-16-31)41-34-21-17-32(18-22-34)38-36(40)24-10-28-7-13-30(14-8-28)26(3)4/h5-26H,1-4H3,(H,37,39)(H,38,40)/b23-9+,24-10+. The quantitative estimate of drug-likeness (QED) is 0.196.